The summed E-state index contributed by atoms with van der Waals surface area (Å²) in [6, 6.07) is 36.6. The van der Waals surface area contributed by atoms with Crippen molar-refractivity contribution in [1.29, 1.82) is 0 Å². The maximum atomic E-state index is 3.34. The summed E-state index contributed by atoms with van der Waals surface area (Å²) in [7, 11) is 0. The van der Waals surface area contributed by atoms with Gasteiger partial charge in [-0.1, -0.05) is 96.1 Å². The van der Waals surface area contributed by atoms with Crippen molar-refractivity contribution in [2.45, 2.75) is 19.3 Å². The summed E-state index contributed by atoms with van der Waals surface area (Å²) in [6.07, 6.45) is 0. The van der Waals surface area contributed by atoms with Crippen molar-refractivity contribution in [3.05, 3.63) is 130 Å². The fraction of sp³-hybridized carbons (Fsp3) is 0.111. The quantitative estimate of drug-likeness (QED) is 0.344. The van der Waals surface area contributed by atoms with Gasteiger partial charge in [0.1, 0.15) is 0 Å². The van der Waals surface area contributed by atoms with Gasteiger partial charge >= 0.3 is 0 Å². The minimum atomic E-state index is -0.301. The first-order valence-corrected chi connectivity index (χ1v) is 9.46. The molecular formula is C27H21. The van der Waals surface area contributed by atoms with E-state index < -0.39 is 0 Å². The van der Waals surface area contributed by atoms with Crippen LogP contribution >= 0.6 is 0 Å². The molecule has 0 amide bonds. The van der Waals surface area contributed by atoms with Gasteiger partial charge < -0.3 is 0 Å². The smallest absolute Gasteiger partial charge is 0.0619 e. The van der Waals surface area contributed by atoms with Crippen molar-refractivity contribution in [1.82, 2.24) is 0 Å². The fourth-order valence-corrected chi connectivity index (χ4v) is 4.56. The summed E-state index contributed by atoms with van der Waals surface area (Å²) in [6.45, 7) is 4.29. The van der Waals surface area contributed by atoms with Crippen molar-refractivity contribution in [3.63, 3.8) is 0 Å². The number of hydrogen-bond acceptors (Lipinski definition) is 0. The normalized spacial score (nSPS) is 13.9. The first kappa shape index (κ1) is 16.1. The molecule has 1 aliphatic carbocycles. The van der Waals surface area contributed by atoms with Crippen LogP contribution in [0.2, 0.25) is 0 Å². The molecule has 0 spiro atoms. The molecule has 27 heavy (non-hydrogen) atoms. The van der Waals surface area contributed by atoms with Crippen LogP contribution in [0.4, 0.5) is 0 Å². The van der Waals surface area contributed by atoms with Gasteiger partial charge in [0.25, 0.3) is 0 Å². The van der Waals surface area contributed by atoms with E-state index in [2.05, 4.69) is 105 Å². The third-order valence-corrected chi connectivity index (χ3v) is 5.86. The summed E-state index contributed by atoms with van der Waals surface area (Å²) in [5.41, 5.74) is 10.2. The summed E-state index contributed by atoms with van der Waals surface area (Å²) >= 11 is 0. The average Bonchev–Trinajstić information content (AvgIpc) is 3.01. The van der Waals surface area contributed by atoms with Gasteiger partial charge in [0.05, 0.1) is 5.41 Å². The molecule has 4 aromatic carbocycles. The molecule has 0 unspecified atom stereocenters. The molecule has 129 valence electrons. The Bertz CT molecular complexity index is 1020. The lowest BCUT2D eigenvalue weighted by Crippen LogP contribution is -2.28. The summed E-state index contributed by atoms with van der Waals surface area (Å²) in [4.78, 5) is 0. The van der Waals surface area contributed by atoms with Crippen LogP contribution in [0.25, 0.3) is 11.1 Å². The molecule has 0 heterocycles. The lowest BCUT2D eigenvalue weighted by Gasteiger charge is -2.34. The molecule has 0 N–H and O–H groups in total. The molecule has 1 aliphatic rings. The van der Waals surface area contributed by atoms with E-state index in [1.165, 1.54) is 44.5 Å². The maximum Gasteiger partial charge on any atom is 0.0713 e. The van der Waals surface area contributed by atoms with Crippen LogP contribution in [0, 0.1) is 19.9 Å². The second-order valence-electron chi connectivity index (χ2n) is 7.50. The molecule has 1 radical (unpaired) electrons. The lowest BCUT2D eigenvalue weighted by atomic mass is 9.67. The van der Waals surface area contributed by atoms with Gasteiger partial charge in [-0.15, -0.1) is 0 Å². The van der Waals surface area contributed by atoms with E-state index >= 15 is 0 Å². The van der Waals surface area contributed by atoms with E-state index in [1.54, 1.807) is 0 Å². The fourth-order valence-electron chi connectivity index (χ4n) is 4.56. The van der Waals surface area contributed by atoms with Gasteiger partial charge in [-0.05, 0) is 59.4 Å². The Morgan fingerprint density at radius 3 is 1.78 bits per heavy atom. The molecule has 0 aromatic heterocycles. The molecule has 0 bridgehead atoms. The van der Waals surface area contributed by atoms with Crippen LogP contribution in [0.1, 0.15) is 33.4 Å². The third kappa shape index (κ3) is 2.23. The lowest BCUT2D eigenvalue weighted by molar-refractivity contribution is 0.767. The van der Waals surface area contributed by atoms with Crippen LogP contribution in [0.15, 0.2) is 91.0 Å². The highest BCUT2D eigenvalue weighted by atomic mass is 14.5. The van der Waals surface area contributed by atoms with Gasteiger partial charge in [0.15, 0.2) is 0 Å². The van der Waals surface area contributed by atoms with Gasteiger partial charge in [-0.25, -0.2) is 0 Å². The topological polar surface area (TPSA) is 0 Å². The molecule has 0 nitrogen and oxygen atoms in total. The van der Waals surface area contributed by atoms with Crippen molar-refractivity contribution >= 4 is 0 Å². The van der Waals surface area contributed by atoms with E-state index in [-0.39, 0.29) is 5.41 Å². The zero-order valence-electron chi connectivity index (χ0n) is 15.7. The van der Waals surface area contributed by atoms with Crippen LogP contribution in [-0.2, 0) is 5.41 Å². The zero-order valence-corrected chi connectivity index (χ0v) is 15.7. The monoisotopic (exact) mass is 345 g/mol. The number of hydrogen-bond donors (Lipinski definition) is 0. The maximum absolute atomic E-state index is 3.34. The Balaban J connectivity index is 1.94. The van der Waals surface area contributed by atoms with Crippen molar-refractivity contribution in [2.75, 3.05) is 0 Å². The van der Waals surface area contributed by atoms with Gasteiger partial charge in [-0.2, -0.15) is 0 Å². The Morgan fingerprint density at radius 1 is 0.593 bits per heavy atom. The molecule has 0 aliphatic heterocycles. The molecule has 0 saturated carbocycles. The van der Waals surface area contributed by atoms with Gasteiger partial charge in [-0.3, -0.25) is 0 Å². The number of benzene rings is 4. The minimum Gasteiger partial charge on any atom is -0.0619 e. The number of rotatable bonds is 2. The van der Waals surface area contributed by atoms with Crippen LogP contribution in [0.3, 0.4) is 0 Å². The van der Waals surface area contributed by atoms with E-state index in [1.807, 2.05) is 6.07 Å². The highest BCUT2D eigenvalue weighted by Crippen LogP contribution is 2.55. The van der Waals surface area contributed by atoms with Crippen LogP contribution in [0.5, 0.6) is 0 Å². The van der Waals surface area contributed by atoms with Gasteiger partial charge in [0.2, 0.25) is 0 Å². The number of aryl methyl sites for hydroxylation is 2. The number of fused-ring (bicyclic) bond motifs is 3. The van der Waals surface area contributed by atoms with Crippen LogP contribution in [-0.4, -0.2) is 0 Å². The predicted octanol–water partition coefficient (Wildman–Crippen LogP) is 6.47. The second-order valence-corrected chi connectivity index (χ2v) is 7.50. The standard InChI is InChI=1S/C27H21/c1-19-11-15-21(16-12-19)27(22-17-13-20(2)14-18-22)25-9-5-3-7-23(25)24-8-4-6-10-26(24)27/h3-5,7-18H,1-2H3. The van der Waals surface area contributed by atoms with Crippen LogP contribution < -0.4 is 0 Å². The highest BCUT2D eigenvalue weighted by Gasteiger charge is 2.45. The predicted molar refractivity (Wildman–Crippen MR) is 112 cm³/mol. The summed E-state index contributed by atoms with van der Waals surface area (Å²) in [5, 5.41) is 0. The zero-order chi connectivity index (χ0) is 18.4. The molecule has 0 saturated heterocycles. The third-order valence-electron chi connectivity index (χ3n) is 5.86. The summed E-state index contributed by atoms with van der Waals surface area (Å²) in [5.74, 6) is 0. The van der Waals surface area contributed by atoms with Crippen molar-refractivity contribution in [3.8, 4) is 11.1 Å². The molecular weight excluding hydrogens is 324 g/mol. The largest absolute Gasteiger partial charge is 0.0713 e. The first-order valence-electron chi connectivity index (χ1n) is 9.46. The Labute approximate surface area is 161 Å². The van der Waals surface area contributed by atoms with Gasteiger partial charge in [0, 0.05) is 0 Å². The first-order chi connectivity index (χ1) is 13.2. The van der Waals surface area contributed by atoms with E-state index in [0.717, 1.165) is 0 Å². The molecule has 4 aromatic rings. The minimum absolute atomic E-state index is 0.301. The second kappa shape index (κ2) is 5.96. The van der Waals surface area contributed by atoms with Crippen molar-refractivity contribution in [2.24, 2.45) is 0 Å². The van der Waals surface area contributed by atoms with Crippen molar-refractivity contribution < 1.29 is 0 Å². The molecule has 5 rings (SSSR count). The van der Waals surface area contributed by atoms with E-state index in [9.17, 15) is 0 Å². The average molecular weight is 345 g/mol. The Hall–Kier alpha value is -3.12. The molecule has 0 heteroatoms. The van der Waals surface area contributed by atoms with E-state index in [0.29, 0.717) is 0 Å². The molecule has 0 fully saturated rings. The highest BCUT2D eigenvalue weighted by molar-refractivity contribution is 5.86. The van der Waals surface area contributed by atoms with E-state index in [4.69, 9.17) is 0 Å². The molecule has 0 atom stereocenters. The summed E-state index contributed by atoms with van der Waals surface area (Å²) < 4.78 is 0. The SMILES string of the molecule is Cc1ccc(C2(c3ccc(C)cc3)c3c[c]ccc3-c3ccccc32)cc1. The Morgan fingerprint density at radius 2 is 1.15 bits per heavy atom. The Kier molecular flexibility index (Phi) is 3.55.